The lowest BCUT2D eigenvalue weighted by Crippen LogP contribution is -2.76. The summed E-state index contributed by atoms with van der Waals surface area (Å²) in [5.41, 5.74) is -2.53. The molecule has 17 heavy (non-hydrogen) atoms. The molecule has 0 radical (unpaired) electrons. The van der Waals surface area contributed by atoms with Gasteiger partial charge in [0.25, 0.3) is 0 Å². The van der Waals surface area contributed by atoms with Crippen LogP contribution in [-0.2, 0) is 19.1 Å². The molecule has 1 aliphatic heterocycles. The van der Waals surface area contributed by atoms with Crippen molar-refractivity contribution >= 4 is 11.8 Å². The molecule has 4 atom stereocenters. The molecule has 0 aromatic heterocycles. The number of ether oxygens (including phenoxy) is 2. The average Bonchev–Trinajstić information content (AvgIpc) is 2.31. The summed E-state index contributed by atoms with van der Waals surface area (Å²) in [7, 11) is 0. The summed E-state index contributed by atoms with van der Waals surface area (Å²) >= 11 is 0. The van der Waals surface area contributed by atoms with Gasteiger partial charge in [-0.2, -0.15) is 0 Å². The van der Waals surface area contributed by atoms with Crippen molar-refractivity contribution < 1.29 is 24.2 Å². The van der Waals surface area contributed by atoms with Crippen molar-refractivity contribution in [1.82, 2.24) is 0 Å². The first-order valence-electron chi connectivity index (χ1n) is 5.87. The molecule has 4 bridgehead atoms. The molecular formula is C12H16O5. The predicted octanol–water partition coefficient (Wildman–Crippen LogP) is 0.0486. The Morgan fingerprint density at radius 1 is 1.65 bits per heavy atom. The molecule has 3 saturated carbocycles. The lowest BCUT2D eigenvalue weighted by Gasteiger charge is -2.63. The molecular weight excluding hydrogens is 224 g/mol. The maximum Gasteiger partial charge on any atom is 0.302 e. The van der Waals surface area contributed by atoms with Gasteiger partial charge in [-0.15, -0.1) is 0 Å². The van der Waals surface area contributed by atoms with Gasteiger partial charge in [-0.25, -0.2) is 0 Å². The summed E-state index contributed by atoms with van der Waals surface area (Å²) < 4.78 is 10.7. The SMILES string of the molecule is CC(=O)OC[C@]12CO[C@@]3(C)CC(=O)[C@@H]1C[C@@]23O. The average molecular weight is 240 g/mol. The number of esters is 1. The highest BCUT2D eigenvalue weighted by Crippen LogP contribution is 2.69. The van der Waals surface area contributed by atoms with Crippen molar-refractivity contribution in [3.05, 3.63) is 0 Å². The van der Waals surface area contributed by atoms with Gasteiger partial charge in [0.1, 0.15) is 23.6 Å². The summed E-state index contributed by atoms with van der Waals surface area (Å²) in [5, 5.41) is 10.7. The van der Waals surface area contributed by atoms with Crippen molar-refractivity contribution in [2.75, 3.05) is 13.2 Å². The van der Waals surface area contributed by atoms with E-state index in [-0.39, 0.29) is 24.7 Å². The van der Waals surface area contributed by atoms with Crippen molar-refractivity contribution in [3.63, 3.8) is 0 Å². The predicted molar refractivity (Wildman–Crippen MR) is 56.1 cm³/mol. The lowest BCUT2D eigenvalue weighted by molar-refractivity contribution is -0.254. The van der Waals surface area contributed by atoms with Crippen LogP contribution in [0, 0.1) is 11.3 Å². The third kappa shape index (κ3) is 1.03. The molecule has 94 valence electrons. The van der Waals surface area contributed by atoms with E-state index in [4.69, 9.17) is 9.47 Å². The molecule has 1 heterocycles. The normalized spacial score (nSPS) is 51.0. The fraction of sp³-hybridized carbons (Fsp3) is 0.833. The van der Waals surface area contributed by atoms with E-state index < -0.39 is 22.6 Å². The first-order chi connectivity index (χ1) is 7.85. The largest absolute Gasteiger partial charge is 0.465 e. The van der Waals surface area contributed by atoms with Crippen LogP contribution in [0.5, 0.6) is 0 Å². The van der Waals surface area contributed by atoms with Crippen molar-refractivity contribution in [2.24, 2.45) is 11.3 Å². The fourth-order valence-electron chi connectivity index (χ4n) is 3.79. The Morgan fingerprint density at radius 3 is 3.00 bits per heavy atom. The molecule has 5 nitrogen and oxygen atoms in total. The Balaban J connectivity index is 1.95. The minimum absolute atomic E-state index is 0.0742. The number of fused-ring (bicyclic) bond motifs is 1. The molecule has 4 fully saturated rings. The standard InChI is InChI=1S/C12H16O5/c1-7(13)16-5-11-6-17-10(2)4-9(14)8(11)3-12(10,11)15/h8,15H,3-6H2,1-2H3/t8-,10-,11-,12-/m0/s1. The smallest absolute Gasteiger partial charge is 0.302 e. The first-order valence-corrected chi connectivity index (χ1v) is 5.87. The van der Waals surface area contributed by atoms with Crippen LogP contribution in [0.15, 0.2) is 0 Å². The second-order valence-corrected chi connectivity index (χ2v) is 5.72. The monoisotopic (exact) mass is 240 g/mol. The number of hydrogen-bond donors (Lipinski definition) is 1. The minimum atomic E-state index is -1.02. The van der Waals surface area contributed by atoms with Gasteiger partial charge in [-0.05, 0) is 13.3 Å². The van der Waals surface area contributed by atoms with E-state index in [9.17, 15) is 14.7 Å². The third-order valence-electron chi connectivity index (χ3n) is 4.95. The Morgan fingerprint density at radius 2 is 2.35 bits per heavy atom. The molecule has 0 spiro atoms. The van der Waals surface area contributed by atoms with Crippen molar-refractivity contribution in [2.45, 2.75) is 37.9 Å². The number of ketones is 1. The second-order valence-electron chi connectivity index (χ2n) is 5.72. The Labute approximate surface area is 99.1 Å². The van der Waals surface area contributed by atoms with Gasteiger partial charge in [0, 0.05) is 19.3 Å². The zero-order chi connectivity index (χ0) is 12.5. The first kappa shape index (κ1) is 11.2. The molecule has 4 rings (SSSR count). The van der Waals surface area contributed by atoms with Crippen molar-refractivity contribution in [1.29, 1.82) is 0 Å². The Bertz CT molecular complexity index is 419. The van der Waals surface area contributed by atoms with Gasteiger partial charge in [0.2, 0.25) is 0 Å². The van der Waals surface area contributed by atoms with Crippen LogP contribution in [0.1, 0.15) is 26.7 Å². The number of carbonyl (C=O) groups excluding carboxylic acids is 2. The van der Waals surface area contributed by atoms with E-state index in [0.29, 0.717) is 13.0 Å². The van der Waals surface area contributed by atoms with E-state index in [2.05, 4.69) is 0 Å². The maximum atomic E-state index is 12.0. The number of Topliss-reactive ketones (excluding diaryl/α,β-unsaturated/α-hetero) is 1. The second kappa shape index (κ2) is 2.90. The van der Waals surface area contributed by atoms with E-state index in [1.807, 2.05) is 0 Å². The Kier molecular flexibility index (Phi) is 1.90. The molecule has 5 heteroatoms. The van der Waals surface area contributed by atoms with E-state index in [1.165, 1.54) is 6.92 Å². The summed E-state index contributed by atoms with van der Waals surface area (Å²) in [6.45, 7) is 3.47. The van der Waals surface area contributed by atoms with Gasteiger partial charge in [-0.1, -0.05) is 0 Å². The lowest BCUT2D eigenvalue weighted by atomic mass is 9.41. The number of aliphatic hydroxyl groups is 1. The highest BCUT2D eigenvalue weighted by atomic mass is 16.6. The van der Waals surface area contributed by atoms with E-state index in [0.717, 1.165) is 0 Å². The molecule has 0 aromatic carbocycles. The molecule has 1 N–H and O–H groups in total. The third-order valence-corrected chi connectivity index (χ3v) is 4.95. The molecule has 0 amide bonds. The van der Waals surface area contributed by atoms with Crippen LogP contribution >= 0.6 is 0 Å². The maximum absolute atomic E-state index is 12.0. The summed E-state index contributed by atoms with van der Waals surface area (Å²) in [6, 6.07) is 0. The Hall–Kier alpha value is -0.940. The molecule has 4 aliphatic rings. The molecule has 0 aromatic rings. The highest BCUT2D eigenvalue weighted by molar-refractivity contribution is 5.88. The van der Waals surface area contributed by atoms with E-state index in [1.54, 1.807) is 6.92 Å². The van der Waals surface area contributed by atoms with Crippen LogP contribution in [0.4, 0.5) is 0 Å². The zero-order valence-corrected chi connectivity index (χ0v) is 9.99. The number of carbonyl (C=O) groups is 2. The number of rotatable bonds is 2. The molecule has 3 aliphatic carbocycles. The minimum Gasteiger partial charge on any atom is -0.465 e. The fourth-order valence-corrected chi connectivity index (χ4v) is 3.79. The van der Waals surface area contributed by atoms with Crippen LogP contribution < -0.4 is 0 Å². The van der Waals surface area contributed by atoms with Gasteiger partial charge in [0.15, 0.2) is 0 Å². The summed E-state index contributed by atoms with van der Waals surface area (Å²) in [6.07, 6.45) is 0.694. The quantitative estimate of drug-likeness (QED) is 0.690. The summed E-state index contributed by atoms with van der Waals surface area (Å²) in [5.74, 6) is -0.496. The number of hydrogen-bond acceptors (Lipinski definition) is 5. The van der Waals surface area contributed by atoms with Gasteiger partial charge in [0.05, 0.1) is 12.0 Å². The zero-order valence-electron chi connectivity index (χ0n) is 9.99. The summed E-state index contributed by atoms with van der Waals surface area (Å²) in [4.78, 5) is 22.9. The van der Waals surface area contributed by atoms with Gasteiger partial charge < -0.3 is 14.6 Å². The van der Waals surface area contributed by atoms with Crippen molar-refractivity contribution in [3.8, 4) is 0 Å². The van der Waals surface area contributed by atoms with Gasteiger partial charge in [-0.3, -0.25) is 9.59 Å². The molecule has 1 saturated heterocycles. The van der Waals surface area contributed by atoms with Crippen LogP contribution in [0.25, 0.3) is 0 Å². The molecule has 0 unspecified atom stereocenters. The van der Waals surface area contributed by atoms with Crippen LogP contribution in [-0.4, -0.2) is 41.3 Å². The highest BCUT2D eigenvalue weighted by Gasteiger charge is 2.82. The topological polar surface area (TPSA) is 72.8 Å². The van der Waals surface area contributed by atoms with E-state index >= 15 is 0 Å². The van der Waals surface area contributed by atoms with Crippen LogP contribution in [0.2, 0.25) is 0 Å². The van der Waals surface area contributed by atoms with Gasteiger partial charge >= 0.3 is 5.97 Å². The van der Waals surface area contributed by atoms with Crippen LogP contribution in [0.3, 0.4) is 0 Å².